The Kier molecular flexibility index (Phi) is 5.47. The van der Waals surface area contributed by atoms with Gasteiger partial charge in [-0.25, -0.2) is 18.9 Å². The molecular weight excluding hydrogens is 374 g/mol. The highest BCUT2D eigenvalue weighted by molar-refractivity contribution is 8.00. The molecule has 0 radical (unpaired) electrons. The molecule has 0 spiro atoms. The molecule has 1 N–H and O–H groups in total. The molecule has 1 saturated carbocycles. The normalized spacial score (nSPS) is 15.0. The fraction of sp³-hybridized carbons (Fsp3) is 0.400. The van der Waals surface area contributed by atoms with E-state index in [1.54, 1.807) is 24.2 Å². The summed E-state index contributed by atoms with van der Waals surface area (Å²) in [6.07, 6.45) is 9.32. The standard InChI is InChI=1S/C20H23N5O2S/c1-14-7-5-6-10-16(14)22-17(26)13-25-20(27)24-12-11-21-19(18(24)23-25)28-15-8-3-2-4-9-15/h5-7,10-12,15H,2-4,8-9,13H2,1H3,(H,22,26). The van der Waals surface area contributed by atoms with Crippen molar-refractivity contribution in [1.29, 1.82) is 0 Å². The maximum absolute atomic E-state index is 12.7. The number of rotatable bonds is 5. The number of hydrogen-bond acceptors (Lipinski definition) is 5. The number of nitrogens with zero attached hydrogens (tertiary/aromatic N) is 4. The van der Waals surface area contributed by atoms with Gasteiger partial charge >= 0.3 is 5.69 Å². The number of aromatic nitrogens is 4. The molecule has 0 saturated heterocycles. The van der Waals surface area contributed by atoms with Gasteiger partial charge in [-0.2, -0.15) is 0 Å². The number of benzene rings is 1. The fourth-order valence-electron chi connectivity index (χ4n) is 3.49. The largest absolute Gasteiger partial charge is 0.350 e. The van der Waals surface area contributed by atoms with Crippen molar-refractivity contribution in [2.75, 3.05) is 5.32 Å². The van der Waals surface area contributed by atoms with Crippen LogP contribution in [-0.4, -0.2) is 30.3 Å². The summed E-state index contributed by atoms with van der Waals surface area (Å²) in [4.78, 5) is 29.5. The van der Waals surface area contributed by atoms with Gasteiger partial charge in [0.2, 0.25) is 5.91 Å². The lowest BCUT2D eigenvalue weighted by Gasteiger charge is -2.20. The summed E-state index contributed by atoms with van der Waals surface area (Å²) in [5.41, 5.74) is 1.89. The Bertz CT molecular complexity index is 1050. The monoisotopic (exact) mass is 397 g/mol. The van der Waals surface area contributed by atoms with E-state index >= 15 is 0 Å². The molecule has 3 aromatic rings. The number of anilines is 1. The summed E-state index contributed by atoms with van der Waals surface area (Å²) >= 11 is 1.69. The third kappa shape index (κ3) is 3.96. The molecule has 146 valence electrons. The highest BCUT2D eigenvalue weighted by atomic mass is 32.2. The van der Waals surface area contributed by atoms with E-state index in [9.17, 15) is 9.59 Å². The molecule has 2 heterocycles. The van der Waals surface area contributed by atoms with E-state index in [1.165, 1.54) is 28.3 Å². The molecule has 0 bridgehead atoms. The Balaban J connectivity index is 1.55. The first-order valence-electron chi connectivity index (χ1n) is 9.58. The van der Waals surface area contributed by atoms with Crippen molar-refractivity contribution in [3.63, 3.8) is 0 Å². The summed E-state index contributed by atoms with van der Waals surface area (Å²) in [5.74, 6) is -0.283. The Hall–Kier alpha value is -2.61. The maximum Gasteiger partial charge on any atom is 0.350 e. The molecule has 0 unspecified atom stereocenters. The number of aryl methyl sites for hydroxylation is 1. The number of carbonyl (C=O) groups is 1. The van der Waals surface area contributed by atoms with Crippen molar-refractivity contribution in [3.8, 4) is 0 Å². The number of thioether (sulfide) groups is 1. The van der Waals surface area contributed by atoms with E-state index in [0.717, 1.165) is 29.1 Å². The van der Waals surface area contributed by atoms with Gasteiger partial charge < -0.3 is 5.32 Å². The molecular formula is C20H23N5O2S. The molecule has 8 heteroatoms. The van der Waals surface area contributed by atoms with Crippen LogP contribution in [0.25, 0.3) is 5.65 Å². The number of para-hydroxylation sites is 1. The zero-order valence-corrected chi connectivity index (χ0v) is 16.6. The van der Waals surface area contributed by atoms with Crippen molar-refractivity contribution >= 4 is 29.0 Å². The van der Waals surface area contributed by atoms with Gasteiger partial charge in [0.1, 0.15) is 11.6 Å². The molecule has 7 nitrogen and oxygen atoms in total. The van der Waals surface area contributed by atoms with Gasteiger partial charge in [-0.05, 0) is 31.4 Å². The van der Waals surface area contributed by atoms with E-state index in [1.807, 2.05) is 31.2 Å². The minimum atomic E-state index is -0.331. The Morgan fingerprint density at radius 1 is 1.25 bits per heavy atom. The van der Waals surface area contributed by atoms with Crippen molar-refractivity contribution in [2.45, 2.75) is 55.8 Å². The van der Waals surface area contributed by atoms with E-state index in [4.69, 9.17) is 0 Å². The molecule has 4 rings (SSSR count). The van der Waals surface area contributed by atoms with Crippen molar-refractivity contribution < 1.29 is 4.79 Å². The van der Waals surface area contributed by atoms with Gasteiger partial charge in [0.15, 0.2) is 5.65 Å². The number of nitrogens with one attached hydrogen (secondary N) is 1. The average molecular weight is 398 g/mol. The number of hydrogen-bond donors (Lipinski definition) is 1. The first-order valence-corrected chi connectivity index (χ1v) is 10.5. The molecule has 1 fully saturated rings. The van der Waals surface area contributed by atoms with Crippen molar-refractivity contribution in [2.24, 2.45) is 0 Å². The number of amides is 1. The molecule has 1 amide bonds. The Labute approximate surface area is 167 Å². The molecule has 2 aromatic heterocycles. The lowest BCUT2D eigenvalue weighted by atomic mass is 10.0. The Morgan fingerprint density at radius 2 is 2.04 bits per heavy atom. The summed E-state index contributed by atoms with van der Waals surface area (Å²) in [5, 5.41) is 8.51. The second kappa shape index (κ2) is 8.18. The second-order valence-electron chi connectivity index (χ2n) is 7.11. The third-order valence-corrected chi connectivity index (χ3v) is 6.33. The van der Waals surface area contributed by atoms with Gasteiger partial charge in [-0.15, -0.1) is 5.10 Å². The molecule has 1 aliphatic rings. The summed E-state index contributed by atoms with van der Waals surface area (Å²) < 4.78 is 2.68. The highest BCUT2D eigenvalue weighted by Crippen LogP contribution is 2.33. The Morgan fingerprint density at radius 3 is 2.82 bits per heavy atom. The van der Waals surface area contributed by atoms with Crippen LogP contribution in [0.1, 0.15) is 37.7 Å². The van der Waals surface area contributed by atoms with Gasteiger partial charge in [0.05, 0.1) is 0 Å². The van der Waals surface area contributed by atoms with Crippen LogP contribution in [0, 0.1) is 6.92 Å². The lowest BCUT2D eigenvalue weighted by molar-refractivity contribution is -0.117. The van der Waals surface area contributed by atoms with E-state index < -0.39 is 0 Å². The van der Waals surface area contributed by atoms with Crippen molar-refractivity contribution in [3.05, 3.63) is 52.7 Å². The number of carbonyl (C=O) groups excluding carboxylic acids is 1. The van der Waals surface area contributed by atoms with Crippen LogP contribution < -0.4 is 11.0 Å². The SMILES string of the molecule is Cc1ccccc1NC(=O)Cn1nc2c(SC3CCCCC3)nccn2c1=O. The molecule has 0 aliphatic heterocycles. The van der Waals surface area contributed by atoms with E-state index in [2.05, 4.69) is 15.4 Å². The first kappa shape index (κ1) is 18.7. The zero-order chi connectivity index (χ0) is 19.5. The highest BCUT2D eigenvalue weighted by Gasteiger charge is 2.20. The quantitative estimate of drug-likeness (QED) is 0.715. The van der Waals surface area contributed by atoms with Crippen LogP contribution in [0.3, 0.4) is 0 Å². The lowest BCUT2D eigenvalue weighted by Crippen LogP contribution is -2.28. The fourth-order valence-corrected chi connectivity index (χ4v) is 4.74. The van der Waals surface area contributed by atoms with Crippen molar-refractivity contribution in [1.82, 2.24) is 19.2 Å². The van der Waals surface area contributed by atoms with Crippen LogP contribution in [0.5, 0.6) is 0 Å². The van der Waals surface area contributed by atoms with Gasteiger partial charge in [0, 0.05) is 23.3 Å². The van der Waals surface area contributed by atoms with Crippen LogP contribution in [0.2, 0.25) is 0 Å². The van der Waals surface area contributed by atoms with Gasteiger partial charge in [-0.3, -0.25) is 4.79 Å². The van der Waals surface area contributed by atoms with Gasteiger partial charge in [0.25, 0.3) is 0 Å². The average Bonchev–Trinajstić information content (AvgIpc) is 3.01. The summed E-state index contributed by atoms with van der Waals surface area (Å²) in [6, 6.07) is 7.53. The number of fused-ring (bicyclic) bond motifs is 1. The van der Waals surface area contributed by atoms with E-state index in [-0.39, 0.29) is 18.1 Å². The topological polar surface area (TPSA) is 81.3 Å². The summed E-state index contributed by atoms with van der Waals surface area (Å²) in [7, 11) is 0. The van der Waals surface area contributed by atoms with Crippen LogP contribution in [0.4, 0.5) is 5.69 Å². The predicted molar refractivity (Wildman–Crippen MR) is 110 cm³/mol. The van der Waals surface area contributed by atoms with Crippen LogP contribution >= 0.6 is 11.8 Å². The third-order valence-electron chi connectivity index (χ3n) is 5.01. The second-order valence-corrected chi connectivity index (χ2v) is 8.40. The van der Waals surface area contributed by atoms with Crippen LogP contribution in [-0.2, 0) is 11.3 Å². The van der Waals surface area contributed by atoms with Gasteiger partial charge in [-0.1, -0.05) is 49.2 Å². The minimum Gasteiger partial charge on any atom is -0.324 e. The maximum atomic E-state index is 12.7. The molecule has 1 aliphatic carbocycles. The van der Waals surface area contributed by atoms with E-state index in [0.29, 0.717) is 10.9 Å². The molecule has 28 heavy (non-hydrogen) atoms. The van der Waals surface area contributed by atoms with Crippen LogP contribution in [0.15, 0.2) is 46.5 Å². The first-order chi connectivity index (χ1) is 13.6. The zero-order valence-electron chi connectivity index (χ0n) is 15.8. The summed E-state index contributed by atoms with van der Waals surface area (Å²) in [6.45, 7) is 1.79. The molecule has 1 aromatic carbocycles. The molecule has 0 atom stereocenters. The smallest absolute Gasteiger partial charge is 0.324 e. The predicted octanol–water partition coefficient (Wildman–Crippen LogP) is 3.26. The minimum absolute atomic E-state index is 0.137.